The van der Waals surface area contributed by atoms with E-state index in [1.165, 1.54) is 11.8 Å². The summed E-state index contributed by atoms with van der Waals surface area (Å²) in [7, 11) is 0. The number of hydrogen-bond acceptors (Lipinski definition) is 3. The van der Waals surface area contributed by atoms with Crippen molar-refractivity contribution < 1.29 is 14.0 Å². The minimum atomic E-state index is -0.322. The topological polar surface area (TPSA) is 71.3 Å². The van der Waals surface area contributed by atoms with Gasteiger partial charge in [-0.1, -0.05) is 26.0 Å². The summed E-state index contributed by atoms with van der Waals surface area (Å²) in [6.45, 7) is 4.22. The highest BCUT2D eigenvalue weighted by molar-refractivity contribution is 6.05. The van der Waals surface area contributed by atoms with Gasteiger partial charge < -0.3 is 15.1 Å². The minimum Gasteiger partial charge on any atom is -0.459 e. The molecule has 2 amide bonds. The quantitative estimate of drug-likeness (QED) is 0.688. The van der Waals surface area contributed by atoms with Crippen LogP contribution in [0.3, 0.4) is 0 Å². The zero-order chi connectivity index (χ0) is 18.5. The summed E-state index contributed by atoms with van der Waals surface area (Å²) in [5.41, 5.74) is 3.06. The van der Waals surface area contributed by atoms with Crippen molar-refractivity contribution in [1.82, 2.24) is 0 Å². The standard InChI is InChI=1S/C21H20N2O3/c1-14(2)15-5-7-16(8-6-15)20(24)22-17-9-11-18(12-10-17)23-21(25)19-4-3-13-26-19/h3-14H,1-2H3,(H,22,24)(H,23,25). The first-order valence-electron chi connectivity index (χ1n) is 8.39. The fourth-order valence-electron chi connectivity index (χ4n) is 2.46. The highest BCUT2D eigenvalue weighted by Crippen LogP contribution is 2.18. The Morgan fingerprint density at radius 3 is 1.88 bits per heavy atom. The van der Waals surface area contributed by atoms with E-state index < -0.39 is 0 Å². The lowest BCUT2D eigenvalue weighted by molar-refractivity contribution is 0.0994. The van der Waals surface area contributed by atoms with Crippen LogP contribution in [0.15, 0.2) is 71.3 Å². The van der Waals surface area contributed by atoms with Gasteiger partial charge in [0.25, 0.3) is 11.8 Å². The van der Waals surface area contributed by atoms with E-state index in [0.29, 0.717) is 22.9 Å². The van der Waals surface area contributed by atoms with E-state index >= 15 is 0 Å². The number of carbonyl (C=O) groups excluding carboxylic acids is 2. The van der Waals surface area contributed by atoms with Crippen LogP contribution in [-0.4, -0.2) is 11.8 Å². The molecule has 0 atom stereocenters. The van der Waals surface area contributed by atoms with Crippen LogP contribution in [0.25, 0.3) is 0 Å². The van der Waals surface area contributed by atoms with Crippen molar-refractivity contribution in [3.05, 3.63) is 83.8 Å². The van der Waals surface area contributed by atoms with Gasteiger partial charge in [-0.3, -0.25) is 9.59 Å². The van der Waals surface area contributed by atoms with Crippen molar-refractivity contribution in [2.45, 2.75) is 19.8 Å². The second kappa shape index (κ2) is 7.70. The molecule has 0 saturated carbocycles. The Hall–Kier alpha value is -3.34. The van der Waals surface area contributed by atoms with E-state index in [1.807, 2.05) is 24.3 Å². The first kappa shape index (κ1) is 17.5. The molecule has 5 nitrogen and oxygen atoms in total. The van der Waals surface area contributed by atoms with Crippen molar-refractivity contribution in [3.8, 4) is 0 Å². The molecule has 0 aliphatic heterocycles. The molecule has 1 heterocycles. The van der Waals surface area contributed by atoms with Gasteiger partial charge in [-0.25, -0.2) is 0 Å². The van der Waals surface area contributed by atoms with Gasteiger partial charge in [0.1, 0.15) is 0 Å². The largest absolute Gasteiger partial charge is 0.459 e. The molecule has 0 spiro atoms. The first-order chi connectivity index (χ1) is 12.5. The van der Waals surface area contributed by atoms with Crippen LogP contribution < -0.4 is 10.6 Å². The second-order valence-electron chi connectivity index (χ2n) is 6.24. The number of rotatable bonds is 5. The maximum atomic E-state index is 12.3. The molecule has 132 valence electrons. The predicted molar refractivity (Wildman–Crippen MR) is 102 cm³/mol. The molecule has 0 fully saturated rings. The van der Waals surface area contributed by atoms with Gasteiger partial charge in [-0.15, -0.1) is 0 Å². The van der Waals surface area contributed by atoms with Gasteiger partial charge in [-0.05, 0) is 60.0 Å². The molecule has 5 heteroatoms. The van der Waals surface area contributed by atoms with Crippen LogP contribution >= 0.6 is 0 Å². The SMILES string of the molecule is CC(C)c1ccc(C(=O)Nc2ccc(NC(=O)c3ccco3)cc2)cc1. The van der Waals surface area contributed by atoms with Crippen molar-refractivity contribution in [2.24, 2.45) is 0 Å². The highest BCUT2D eigenvalue weighted by Gasteiger charge is 2.10. The summed E-state index contributed by atoms with van der Waals surface area (Å²) in [4.78, 5) is 24.2. The number of furan rings is 1. The molecular weight excluding hydrogens is 328 g/mol. The summed E-state index contributed by atoms with van der Waals surface area (Å²) in [6.07, 6.45) is 1.45. The normalized spacial score (nSPS) is 10.6. The van der Waals surface area contributed by atoms with Crippen LogP contribution in [0.2, 0.25) is 0 Å². The Morgan fingerprint density at radius 2 is 1.38 bits per heavy atom. The van der Waals surface area contributed by atoms with Crippen molar-refractivity contribution in [2.75, 3.05) is 10.6 Å². The molecule has 2 N–H and O–H groups in total. The van der Waals surface area contributed by atoms with Crippen LogP contribution in [0.4, 0.5) is 11.4 Å². The fourth-order valence-corrected chi connectivity index (χ4v) is 2.46. The predicted octanol–water partition coefficient (Wildman–Crippen LogP) is 4.91. The second-order valence-corrected chi connectivity index (χ2v) is 6.24. The smallest absolute Gasteiger partial charge is 0.291 e. The number of hydrogen-bond donors (Lipinski definition) is 2. The van der Waals surface area contributed by atoms with E-state index in [2.05, 4.69) is 24.5 Å². The number of nitrogens with one attached hydrogen (secondary N) is 2. The number of carbonyl (C=O) groups is 2. The molecule has 2 aromatic carbocycles. The van der Waals surface area contributed by atoms with Crippen molar-refractivity contribution >= 4 is 23.2 Å². The molecule has 0 bridgehead atoms. The summed E-state index contributed by atoms with van der Waals surface area (Å²) in [5.74, 6) is 0.174. The van der Waals surface area contributed by atoms with Crippen LogP contribution in [0, 0.1) is 0 Å². The zero-order valence-electron chi connectivity index (χ0n) is 14.7. The molecule has 1 aromatic heterocycles. The Morgan fingerprint density at radius 1 is 0.808 bits per heavy atom. The van der Waals surface area contributed by atoms with E-state index in [9.17, 15) is 9.59 Å². The molecular formula is C21H20N2O3. The minimum absolute atomic E-state index is 0.173. The summed E-state index contributed by atoms with van der Waals surface area (Å²) in [5, 5.41) is 5.57. The molecule has 0 unspecified atom stereocenters. The molecule has 3 aromatic rings. The third-order valence-corrected chi connectivity index (χ3v) is 3.99. The third-order valence-electron chi connectivity index (χ3n) is 3.99. The molecule has 26 heavy (non-hydrogen) atoms. The average Bonchev–Trinajstić information content (AvgIpc) is 3.18. The highest BCUT2D eigenvalue weighted by atomic mass is 16.3. The fraction of sp³-hybridized carbons (Fsp3) is 0.143. The zero-order valence-corrected chi connectivity index (χ0v) is 14.7. The number of anilines is 2. The Bertz CT molecular complexity index is 880. The Labute approximate surface area is 152 Å². The van der Waals surface area contributed by atoms with E-state index in [1.54, 1.807) is 36.4 Å². The van der Waals surface area contributed by atoms with Crippen LogP contribution in [0.1, 0.15) is 46.2 Å². The Kier molecular flexibility index (Phi) is 5.17. The molecule has 0 aliphatic rings. The number of benzene rings is 2. The van der Waals surface area contributed by atoms with E-state index in [-0.39, 0.29) is 17.6 Å². The monoisotopic (exact) mass is 348 g/mol. The van der Waals surface area contributed by atoms with Gasteiger partial charge in [0.05, 0.1) is 6.26 Å². The van der Waals surface area contributed by atoms with Crippen LogP contribution in [-0.2, 0) is 0 Å². The van der Waals surface area contributed by atoms with Crippen LogP contribution in [0.5, 0.6) is 0 Å². The lowest BCUT2D eigenvalue weighted by Crippen LogP contribution is -2.13. The lowest BCUT2D eigenvalue weighted by atomic mass is 10.0. The van der Waals surface area contributed by atoms with Gasteiger partial charge in [-0.2, -0.15) is 0 Å². The molecule has 0 radical (unpaired) electrons. The third kappa shape index (κ3) is 4.19. The maximum absolute atomic E-state index is 12.3. The summed E-state index contributed by atoms with van der Waals surface area (Å²) >= 11 is 0. The maximum Gasteiger partial charge on any atom is 0.291 e. The number of amides is 2. The Balaban J connectivity index is 1.61. The average molecular weight is 348 g/mol. The van der Waals surface area contributed by atoms with E-state index in [4.69, 9.17) is 4.42 Å². The molecule has 0 saturated heterocycles. The van der Waals surface area contributed by atoms with Gasteiger partial charge in [0.2, 0.25) is 0 Å². The summed E-state index contributed by atoms with van der Waals surface area (Å²) < 4.78 is 5.05. The molecule has 0 aliphatic carbocycles. The molecule has 3 rings (SSSR count). The van der Waals surface area contributed by atoms with Gasteiger partial charge in [0, 0.05) is 16.9 Å². The van der Waals surface area contributed by atoms with Crippen molar-refractivity contribution in [1.29, 1.82) is 0 Å². The van der Waals surface area contributed by atoms with Gasteiger partial charge >= 0.3 is 0 Å². The summed E-state index contributed by atoms with van der Waals surface area (Å²) in [6, 6.07) is 17.7. The van der Waals surface area contributed by atoms with Gasteiger partial charge in [0.15, 0.2) is 5.76 Å². The first-order valence-corrected chi connectivity index (χ1v) is 8.39. The lowest BCUT2D eigenvalue weighted by Gasteiger charge is -2.09. The van der Waals surface area contributed by atoms with E-state index in [0.717, 1.165) is 0 Å². The van der Waals surface area contributed by atoms with Crippen molar-refractivity contribution in [3.63, 3.8) is 0 Å².